The van der Waals surface area contributed by atoms with Gasteiger partial charge in [0, 0.05) is 23.7 Å². The van der Waals surface area contributed by atoms with E-state index >= 15 is 0 Å². The van der Waals surface area contributed by atoms with E-state index in [-0.39, 0.29) is 22.7 Å². The van der Waals surface area contributed by atoms with E-state index in [1.165, 1.54) is 13.2 Å². The van der Waals surface area contributed by atoms with Crippen LogP contribution in [0.2, 0.25) is 0 Å². The van der Waals surface area contributed by atoms with Gasteiger partial charge in [0.05, 0.1) is 0 Å². The van der Waals surface area contributed by atoms with E-state index in [9.17, 15) is 30.7 Å². The number of nitrogens with one attached hydrogen (secondary N) is 1. The number of alkyl halides is 7. The van der Waals surface area contributed by atoms with E-state index in [2.05, 4.69) is 10.3 Å². The van der Waals surface area contributed by atoms with E-state index in [1.54, 1.807) is 0 Å². The molecule has 27 heavy (non-hydrogen) atoms. The molecule has 0 bridgehead atoms. The van der Waals surface area contributed by atoms with Gasteiger partial charge in [-0.2, -0.15) is 27.2 Å². The fourth-order valence-electron chi connectivity index (χ4n) is 2.44. The lowest BCUT2D eigenvalue weighted by Gasteiger charge is -2.33. The fourth-order valence-corrected chi connectivity index (χ4v) is 2.44. The third kappa shape index (κ3) is 3.56. The normalized spacial score (nSPS) is 16.7. The van der Waals surface area contributed by atoms with Crippen LogP contribution in [0.4, 0.5) is 30.7 Å². The van der Waals surface area contributed by atoms with Crippen LogP contribution in [-0.4, -0.2) is 38.0 Å². The second-order valence-electron chi connectivity index (χ2n) is 5.58. The zero-order valence-corrected chi connectivity index (χ0v) is 13.7. The molecule has 146 valence electrons. The van der Waals surface area contributed by atoms with Crippen LogP contribution in [-0.2, 0) is 5.92 Å². The first-order valence-corrected chi connectivity index (χ1v) is 7.30. The molecule has 1 aromatic rings. The van der Waals surface area contributed by atoms with Gasteiger partial charge in [-0.25, -0.2) is 8.78 Å². The van der Waals surface area contributed by atoms with Crippen molar-refractivity contribution in [2.45, 2.75) is 17.7 Å². The summed E-state index contributed by atoms with van der Waals surface area (Å²) in [6, 6.07) is 1.70. The molecule has 0 aliphatic carbocycles. The van der Waals surface area contributed by atoms with Gasteiger partial charge in [-0.1, -0.05) is 0 Å². The average molecular weight is 395 g/mol. The number of amidine groups is 1. The molecular formula is C16H12F7N3O. The predicted octanol–water partition coefficient (Wildman–Crippen LogP) is 3.89. The second kappa shape index (κ2) is 7.09. The molecule has 0 radical (unpaired) electrons. The monoisotopic (exact) mass is 395 g/mol. The van der Waals surface area contributed by atoms with Crippen LogP contribution >= 0.6 is 0 Å². The smallest absolute Gasteiger partial charge is 0.458 e. The molecule has 4 nitrogen and oxygen atoms in total. The number of nitrogens with zero attached hydrogens (tertiary/aromatic N) is 2. The number of ether oxygens (including phenoxy) is 1. The summed E-state index contributed by atoms with van der Waals surface area (Å²) in [7, 11) is 1.19. The maximum atomic E-state index is 13.7. The molecular weight excluding hydrogens is 383 g/mol. The van der Waals surface area contributed by atoms with Gasteiger partial charge < -0.3 is 4.74 Å². The van der Waals surface area contributed by atoms with Crippen molar-refractivity contribution < 1.29 is 35.5 Å². The first kappa shape index (κ1) is 20.5. The summed E-state index contributed by atoms with van der Waals surface area (Å²) in [5, 5.41) is 10.9. The molecule has 1 aromatic carbocycles. The molecule has 0 atom stereocenters. The number of hydrogen-bond acceptors (Lipinski definition) is 3. The summed E-state index contributed by atoms with van der Waals surface area (Å²) in [5.74, 6) is -5.78. The highest BCUT2D eigenvalue weighted by Crippen LogP contribution is 2.46. The van der Waals surface area contributed by atoms with Crippen molar-refractivity contribution in [3.05, 3.63) is 35.4 Å². The molecule has 1 aliphatic rings. The van der Waals surface area contributed by atoms with Gasteiger partial charge in [-0.15, -0.1) is 0 Å². The molecule has 11 heteroatoms. The number of rotatable bonds is 4. The molecule has 0 saturated heterocycles. The first-order chi connectivity index (χ1) is 12.5. The van der Waals surface area contributed by atoms with E-state index in [4.69, 9.17) is 10.00 Å². The summed E-state index contributed by atoms with van der Waals surface area (Å²) in [4.78, 5) is 3.68. The van der Waals surface area contributed by atoms with Crippen molar-refractivity contribution in [3.8, 4) is 11.9 Å². The molecule has 0 amide bonds. The van der Waals surface area contributed by atoms with E-state index in [0.717, 1.165) is 12.1 Å². The van der Waals surface area contributed by atoms with Gasteiger partial charge in [-0.3, -0.25) is 10.3 Å². The zero-order chi connectivity index (χ0) is 20.5. The number of halogens is 7. The lowest BCUT2D eigenvalue weighted by Crippen LogP contribution is -2.42. The summed E-state index contributed by atoms with van der Waals surface area (Å²) in [6.45, 7) is -2.70. The lowest BCUT2D eigenvalue weighted by molar-refractivity contribution is -0.289. The van der Waals surface area contributed by atoms with Gasteiger partial charge in [0.2, 0.25) is 0 Å². The second-order valence-corrected chi connectivity index (χ2v) is 5.58. The molecule has 1 heterocycles. The van der Waals surface area contributed by atoms with E-state index in [0.29, 0.717) is 12.1 Å². The Morgan fingerprint density at radius 2 is 1.85 bits per heavy atom. The van der Waals surface area contributed by atoms with Crippen molar-refractivity contribution in [2.75, 3.05) is 20.4 Å². The van der Waals surface area contributed by atoms with Gasteiger partial charge in [0.25, 0.3) is 0 Å². The summed E-state index contributed by atoms with van der Waals surface area (Å²) in [6.07, 6.45) is -3.49. The Morgan fingerprint density at radius 3 is 2.33 bits per heavy atom. The van der Waals surface area contributed by atoms with Crippen LogP contribution < -0.4 is 10.1 Å². The van der Waals surface area contributed by atoms with Crippen molar-refractivity contribution in [2.24, 2.45) is 4.99 Å². The number of nitriles is 1. The minimum absolute atomic E-state index is 0.240. The Kier molecular flexibility index (Phi) is 5.40. The lowest BCUT2D eigenvalue weighted by atomic mass is 9.90. The molecule has 0 fully saturated rings. The quantitative estimate of drug-likeness (QED) is 0.277. The Morgan fingerprint density at radius 1 is 1.22 bits per heavy atom. The summed E-state index contributed by atoms with van der Waals surface area (Å²) >= 11 is 0. The highest BCUT2D eigenvalue weighted by atomic mass is 19.4. The van der Waals surface area contributed by atoms with Crippen LogP contribution in [0.15, 0.2) is 29.3 Å². The first-order valence-electron chi connectivity index (χ1n) is 7.30. The third-order valence-electron chi connectivity index (χ3n) is 3.81. The Labute approximate surface area is 148 Å². The highest BCUT2D eigenvalue weighted by molar-refractivity contribution is 6.24. The summed E-state index contributed by atoms with van der Waals surface area (Å²) in [5.41, 5.74) is -4.08. The highest BCUT2D eigenvalue weighted by Gasteiger charge is 2.59. The van der Waals surface area contributed by atoms with Gasteiger partial charge >= 0.3 is 12.1 Å². The fraction of sp³-hybridized carbons (Fsp3) is 0.375. The van der Waals surface area contributed by atoms with Crippen LogP contribution in [0.5, 0.6) is 5.75 Å². The van der Waals surface area contributed by atoms with Crippen molar-refractivity contribution in [1.29, 1.82) is 5.26 Å². The Hall–Kier alpha value is -2.77. The van der Waals surface area contributed by atoms with Crippen LogP contribution in [0, 0.1) is 11.5 Å². The van der Waals surface area contributed by atoms with E-state index < -0.39 is 36.6 Å². The molecule has 1 N–H and O–H groups in total. The molecule has 0 spiro atoms. The van der Waals surface area contributed by atoms with E-state index in [1.807, 2.05) is 0 Å². The molecule has 0 unspecified atom stereocenters. The average Bonchev–Trinajstić information content (AvgIpc) is 2.63. The van der Waals surface area contributed by atoms with Crippen LogP contribution in [0.3, 0.4) is 0 Å². The topological polar surface area (TPSA) is 57.4 Å². The predicted molar refractivity (Wildman–Crippen MR) is 81.8 cm³/mol. The van der Waals surface area contributed by atoms with Gasteiger partial charge in [0.15, 0.2) is 11.8 Å². The third-order valence-corrected chi connectivity index (χ3v) is 3.81. The summed E-state index contributed by atoms with van der Waals surface area (Å²) < 4.78 is 97.2. The molecule has 0 aromatic heterocycles. The molecule has 0 saturated carbocycles. The molecule has 1 aliphatic heterocycles. The molecule has 2 rings (SSSR count). The van der Waals surface area contributed by atoms with Crippen LogP contribution in [0.1, 0.15) is 11.1 Å². The number of fused-ring (bicyclic) bond motifs is 1. The number of aliphatic imine (C=N–C) groups is 1. The van der Waals surface area contributed by atoms with Gasteiger partial charge in [-0.05, 0) is 24.3 Å². The Bertz CT molecular complexity index is 820. The van der Waals surface area contributed by atoms with Crippen molar-refractivity contribution >= 4 is 11.4 Å². The van der Waals surface area contributed by atoms with Crippen molar-refractivity contribution in [3.63, 3.8) is 0 Å². The van der Waals surface area contributed by atoms with Crippen LogP contribution in [0.25, 0.3) is 5.57 Å². The van der Waals surface area contributed by atoms with Gasteiger partial charge in [0.1, 0.15) is 24.9 Å². The maximum Gasteiger partial charge on any atom is 0.458 e. The minimum atomic E-state index is -5.85. The number of hydrogen-bond donors (Lipinski definition) is 1. The Balaban J connectivity index is 2.71. The number of benzene rings is 1. The largest absolute Gasteiger partial charge is 0.477 e. The zero-order valence-electron chi connectivity index (χ0n) is 13.7. The van der Waals surface area contributed by atoms with Crippen molar-refractivity contribution in [1.82, 2.24) is 5.32 Å². The SMILES string of the molecule is CN=C(NC#N)C1=CC(CF)(CF)Oc2ccc(C(F)(F)C(F)(F)F)cc21. The minimum Gasteiger partial charge on any atom is -0.477 e. The maximum absolute atomic E-state index is 13.7. The standard InChI is InChI=1S/C16H12F7N3O/c1-25-13(26-8-24)11-5-14(6-17,7-18)27-12-3-2-9(4-10(11)12)15(19,20)16(21,22)23/h2-5H,6-7H2,1H3,(H,25,26).